The highest BCUT2D eigenvalue weighted by atomic mass is 32.2. The van der Waals surface area contributed by atoms with Crippen molar-refractivity contribution < 1.29 is 4.74 Å². The van der Waals surface area contributed by atoms with E-state index in [2.05, 4.69) is 44.8 Å². The molecule has 1 heterocycles. The van der Waals surface area contributed by atoms with Gasteiger partial charge < -0.3 is 10.1 Å². The van der Waals surface area contributed by atoms with Crippen molar-refractivity contribution >= 4 is 11.8 Å². The van der Waals surface area contributed by atoms with Gasteiger partial charge in [0, 0.05) is 17.9 Å². The molecule has 1 aliphatic rings. The van der Waals surface area contributed by atoms with E-state index >= 15 is 0 Å². The second-order valence-electron chi connectivity index (χ2n) is 4.90. The number of hydrogen-bond acceptors (Lipinski definition) is 3. The van der Waals surface area contributed by atoms with Gasteiger partial charge in [-0.05, 0) is 31.6 Å². The van der Waals surface area contributed by atoms with Gasteiger partial charge in [-0.15, -0.1) is 0 Å². The fraction of sp³-hybridized carbons (Fsp3) is 1.00. The van der Waals surface area contributed by atoms with Crippen molar-refractivity contribution in [1.29, 1.82) is 0 Å². The molecule has 2 nitrogen and oxygen atoms in total. The minimum Gasteiger partial charge on any atom is -0.377 e. The van der Waals surface area contributed by atoms with Crippen LogP contribution in [0.3, 0.4) is 0 Å². The van der Waals surface area contributed by atoms with Crippen molar-refractivity contribution in [2.45, 2.75) is 51.5 Å². The van der Waals surface area contributed by atoms with E-state index in [1.807, 2.05) is 0 Å². The Kier molecular flexibility index (Phi) is 6.02. The third-order valence-electron chi connectivity index (χ3n) is 2.78. The van der Waals surface area contributed by atoms with Crippen LogP contribution in [-0.4, -0.2) is 36.3 Å². The Bertz CT molecular complexity index is 175. The van der Waals surface area contributed by atoms with Crippen molar-refractivity contribution in [2.75, 3.05) is 18.9 Å². The van der Waals surface area contributed by atoms with Gasteiger partial charge in [-0.1, -0.05) is 20.8 Å². The highest BCUT2D eigenvalue weighted by molar-refractivity contribution is 7.99. The van der Waals surface area contributed by atoms with Crippen LogP contribution < -0.4 is 5.32 Å². The number of nitrogens with one attached hydrogen (secondary N) is 1. The summed E-state index contributed by atoms with van der Waals surface area (Å²) in [5.41, 5.74) is 0. The zero-order chi connectivity index (χ0) is 11.3. The maximum Gasteiger partial charge on any atom is 0.0666 e. The topological polar surface area (TPSA) is 21.3 Å². The Hall–Kier alpha value is 0.270. The van der Waals surface area contributed by atoms with Gasteiger partial charge in [-0.3, -0.25) is 0 Å². The van der Waals surface area contributed by atoms with E-state index in [9.17, 15) is 0 Å². The van der Waals surface area contributed by atoms with Crippen LogP contribution >= 0.6 is 11.8 Å². The summed E-state index contributed by atoms with van der Waals surface area (Å²) in [6.07, 6.45) is 1.69. The van der Waals surface area contributed by atoms with Crippen LogP contribution in [0.25, 0.3) is 0 Å². The molecule has 1 N–H and O–H groups in total. The average Bonchev–Trinajstić information content (AvgIpc) is 2.58. The van der Waals surface area contributed by atoms with Crippen LogP contribution in [-0.2, 0) is 4.74 Å². The summed E-state index contributed by atoms with van der Waals surface area (Å²) in [5, 5.41) is 4.22. The minimum absolute atomic E-state index is 0.459. The lowest BCUT2D eigenvalue weighted by Gasteiger charge is -2.18. The fourth-order valence-electron chi connectivity index (χ4n) is 1.71. The van der Waals surface area contributed by atoms with Crippen LogP contribution in [0, 0.1) is 5.92 Å². The molecule has 0 bridgehead atoms. The lowest BCUT2D eigenvalue weighted by Crippen LogP contribution is -2.29. The van der Waals surface area contributed by atoms with E-state index in [0.717, 1.165) is 24.3 Å². The number of ether oxygens (including phenoxy) is 1. The van der Waals surface area contributed by atoms with Crippen LogP contribution in [0.1, 0.15) is 34.1 Å². The summed E-state index contributed by atoms with van der Waals surface area (Å²) >= 11 is 2.09. The Morgan fingerprint density at radius 1 is 1.40 bits per heavy atom. The number of thioether (sulfide) groups is 1. The van der Waals surface area contributed by atoms with Gasteiger partial charge in [0.1, 0.15) is 0 Å². The summed E-state index contributed by atoms with van der Waals surface area (Å²) in [6, 6.07) is 0.603. The Labute approximate surface area is 98.5 Å². The molecule has 3 heteroatoms. The molecular formula is C12H25NOS. The first-order valence-electron chi connectivity index (χ1n) is 6.06. The molecule has 0 aromatic heterocycles. The van der Waals surface area contributed by atoms with Gasteiger partial charge in [0.25, 0.3) is 0 Å². The van der Waals surface area contributed by atoms with Crippen molar-refractivity contribution in [2.24, 2.45) is 5.92 Å². The largest absolute Gasteiger partial charge is 0.377 e. The number of hydrogen-bond donors (Lipinski definition) is 1. The molecule has 15 heavy (non-hydrogen) atoms. The van der Waals surface area contributed by atoms with Crippen molar-refractivity contribution in [3.8, 4) is 0 Å². The molecule has 0 aromatic carbocycles. The molecule has 1 aliphatic heterocycles. The van der Waals surface area contributed by atoms with Gasteiger partial charge in [-0.2, -0.15) is 11.8 Å². The lowest BCUT2D eigenvalue weighted by molar-refractivity contribution is 0.127. The maximum atomic E-state index is 5.56. The maximum absolute atomic E-state index is 5.56. The summed E-state index contributed by atoms with van der Waals surface area (Å²) < 4.78 is 5.56. The van der Waals surface area contributed by atoms with Gasteiger partial charge in [0.2, 0.25) is 0 Å². The van der Waals surface area contributed by atoms with E-state index in [1.165, 1.54) is 12.2 Å². The number of rotatable bonds is 6. The van der Waals surface area contributed by atoms with Gasteiger partial charge >= 0.3 is 0 Å². The molecule has 1 rings (SSSR count). The van der Waals surface area contributed by atoms with Crippen LogP contribution in [0.2, 0.25) is 0 Å². The first-order chi connectivity index (χ1) is 7.09. The predicted molar refractivity (Wildman–Crippen MR) is 68.6 cm³/mol. The third-order valence-corrected chi connectivity index (χ3v) is 4.58. The Morgan fingerprint density at radius 2 is 2.13 bits per heavy atom. The predicted octanol–water partition coefficient (Wildman–Crippen LogP) is 2.53. The molecule has 0 spiro atoms. The Morgan fingerprint density at radius 3 is 2.67 bits per heavy atom. The molecule has 3 unspecified atom stereocenters. The third kappa shape index (κ3) is 5.23. The molecule has 0 aliphatic carbocycles. The SMILES string of the molecule is CC(CNC(C)C)CSC1CCOC1C. The Balaban J connectivity index is 2.08. The smallest absolute Gasteiger partial charge is 0.0666 e. The summed E-state index contributed by atoms with van der Waals surface area (Å²) in [7, 11) is 0. The van der Waals surface area contributed by atoms with E-state index in [-0.39, 0.29) is 0 Å². The first-order valence-corrected chi connectivity index (χ1v) is 7.11. The molecule has 0 aromatic rings. The van der Waals surface area contributed by atoms with E-state index in [0.29, 0.717) is 12.1 Å². The second kappa shape index (κ2) is 6.77. The minimum atomic E-state index is 0.459. The summed E-state index contributed by atoms with van der Waals surface area (Å²) in [6.45, 7) is 11.0. The molecule has 0 saturated carbocycles. The van der Waals surface area contributed by atoms with Crippen molar-refractivity contribution in [1.82, 2.24) is 5.32 Å². The van der Waals surface area contributed by atoms with Gasteiger partial charge in [0.15, 0.2) is 0 Å². The molecule has 0 radical (unpaired) electrons. The van der Waals surface area contributed by atoms with Gasteiger partial charge in [0.05, 0.1) is 6.10 Å². The first kappa shape index (κ1) is 13.3. The van der Waals surface area contributed by atoms with Crippen LogP contribution in [0.15, 0.2) is 0 Å². The normalized spacial score (nSPS) is 28.6. The molecular weight excluding hydrogens is 206 g/mol. The molecule has 90 valence electrons. The lowest BCUT2D eigenvalue weighted by atomic mass is 10.2. The highest BCUT2D eigenvalue weighted by Crippen LogP contribution is 2.27. The van der Waals surface area contributed by atoms with E-state index in [1.54, 1.807) is 0 Å². The van der Waals surface area contributed by atoms with Crippen LogP contribution in [0.5, 0.6) is 0 Å². The summed E-state index contributed by atoms with van der Waals surface area (Å²) in [4.78, 5) is 0. The molecule has 1 saturated heterocycles. The molecule has 3 atom stereocenters. The quantitative estimate of drug-likeness (QED) is 0.759. The van der Waals surface area contributed by atoms with Crippen molar-refractivity contribution in [3.63, 3.8) is 0 Å². The van der Waals surface area contributed by atoms with Crippen molar-refractivity contribution in [3.05, 3.63) is 0 Å². The van der Waals surface area contributed by atoms with E-state index in [4.69, 9.17) is 4.74 Å². The van der Waals surface area contributed by atoms with E-state index < -0.39 is 0 Å². The van der Waals surface area contributed by atoms with Gasteiger partial charge in [-0.25, -0.2) is 0 Å². The highest BCUT2D eigenvalue weighted by Gasteiger charge is 2.24. The zero-order valence-electron chi connectivity index (χ0n) is 10.5. The zero-order valence-corrected chi connectivity index (χ0v) is 11.3. The average molecular weight is 231 g/mol. The fourth-order valence-corrected chi connectivity index (χ4v) is 3.02. The molecule has 0 amide bonds. The van der Waals surface area contributed by atoms with Crippen LogP contribution in [0.4, 0.5) is 0 Å². The second-order valence-corrected chi connectivity index (χ2v) is 6.18. The summed E-state index contributed by atoms with van der Waals surface area (Å²) in [5.74, 6) is 2.00. The standard InChI is InChI=1S/C12H25NOS/c1-9(2)13-7-10(3)8-15-12-5-6-14-11(12)4/h9-13H,5-8H2,1-4H3. The monoisotopic (exact) mass is 231 g/mol. The molecule has 1 fully saturated rings.